The minimum absolute atomic E-state index is 0.253. The molecule has 1 aromatic rings. The maximum Gasteiger partial charge on any atom is 0.326 e. The monoisotopic (exact) mass is 461 g/mol. The second kappa shape index (κ2) is 12.9. The van der Waals surface area contributed by atoms with Crippen molar-refractivity contribution in [1.29, 1.82) is 0 Å². The van der Waals surface area contributed by atoms with Crippen LogP contribution in [0.5, 0.6) is 0 Å². The Bertz CT molecular complexity index is 819. The first-order valence-electron chi connectivity index (χ1n) is 11.4. The van der Waals surface area contributed by atoms with Crippen LogP contribution in [-0.4, -0.2) is 71.0 Å². The van der Waals surface area contributed by atoms with E-state index in [4.69, 9.17) is 11.5 Å². The minimum Gasteiger partial charge on any atom is -0.480 e. The summed E-state index contributed by atoms with van der Waals surface area (Å²) in [4.78, 5) is 51.1. The maximum atomic E-state index is 12.9. The Balaban J connectivity index is 1.92. The van der Waals surface area contributed by atoms with E-state index in [9.17, 15) is 24.3 Å². The second-order valence-corrected chi connectivity index (χ2v) is 8.40. The summed E-state index contributed by atoms with van der Waals surface area (Å²) in [5.41, 5.74) is 12.5. The van der Waals surface area contributed by atoms with Gasteiger partial charge < -0.3 is 32.1 Å². The van der Waals surface area contributed by atoms with E-state index in [0.717, 1.165) is 5.56 Å². The van der Waals surface area contributed by atoms with E-state index in [1.807, 2.05) is 30.3 Å². The lowest BCUT2D eigenvalue weighted by atomic mass is 10.0. The van der Waals surface area contributed by atoms with Gasteiger partial charge in [-0.2, -0.15) is 0 Å². The number of hydrogen-bond acceptors (Lipinski definition) is 6. The summed E-state index contributed by atoms with van der Waals surface area (Å²) in [6.45, 7) is 2.34. The Labute approximate surface area is 194 Å². The lowest BCUT2D eigenvalue weighted by Gasteiger charge is -2.28. The first-order valence-corrected chi connectivity index (χ1v) is 11.4. The van der Waals surface area contributed by atoms with E-state index in [2.05, 4.69) is 10.6 Å². The van der Waals surface area contributed by atoms with E-state index < -0.39 is 42.0 Å². The molecule has 4 atom stereocenters. The van der Waals surface area contributed by atoms with Crippen LogP contribution in [0.2, 0.25) is 0 Å². The molecule has 10 nitrogen and oxygen atoms in total. The topological polar surface area (TPSA) is 168 Å². The zero-order valence-corrected chi connectivity index (χ0v) is 19.0. The Morgan fingerprint density at radius 3 is 2.48 bits per heavy atom. The molecule has 182 valence electrons. The van der Waals surface area contributed by atoms with Gasteiger partial charge in [0.1, 0.15) is 18.1 Å². The highest BCUT2D eigenvalue weighted by molar-refractivity contribution is 5.94. The van der Waals surface area contributed by atoms with E-state index >= 15 is 0 Å². The molecule has 4 unspecified atom stereocenters. The number of carboxylic acids is 1. The van der Waals surface area contributed by atoms with Crippen LogP contribution in [0.4, 0.5) is 0 Å². The number of unbranched alkanes of at least 4 members (excludes halogenated alkanes) is 1. The first kappa shape index (κ1) is 26.3. The highest BCUT2D eigenvalue weighted by Gasteiger charge is 2.37. The van der Waals surface area contributed by atoms with Crippen LogP contribution in [0.1, 0.15) is 44.6 Å². The van der Waals surface area contributed by atoms with Crippen LogP contribution in [0.25, 0.3) is 0 Å². The number of likely N-dealkylation sites (tertiary alicyclic amines) is 1. The lowest BCUT2D eigenvalue weighted by Crippen LogP contribution is -2.56. The van der Waals surface area contributed by atoms with Gasteiger partial charge in [-0.15, -0.1) is 0 Å². The van der Waals surface area contributed by atoms with Crippen molar-refractivity contribution in [1.82, 2.24) is 15.5 Å². The van der Waals surface area contributed by atoms with Crippen molar-refractivity contribution >= 4 is 23.7 Å². The van der Waals surface area contributed by atoms with Crippen molar-refractivity contribution < 1.29 is 24.3 Å². The fourth-order valence-corrected chi connectivity index (χ4v) is 3.89. The van der Waals surface area contributed by atoms with Gasteiger partial charge in [0.15, 0.2) is 0 Å². The quantitative estimate of drug-likeness (QED) is 0.267. The zero-order valence-electron chi connectivity index (χ0n) is 19.0. The van der Waals surface area contributed by atoms with Crippen LogP contribution in [-0.2, 0) is 25.6 Å². The van der Waals surface area contributed by atoms with Crippen molar-refractivity contribution in [2.45, 2.75) is 69.6 Å². The zero-order chi connectivity index (χ0) is 24.4. The van der Waals surface area contributed by atoms with Crippen molar-refractivity contribution in [2.75, 3.05) is 13.1 Å². The van der Waals surface area contributed by atoms with E-state index in [1.54, 1.807) is 0 Å². The number of nitrogens with two attached hydrogens (primary N) is 2. The lowest BCUT2D eigenvalue weighted by molar-refractivity contribution is -0.143. The molecule has 0 spiro atoms. The molecule has 33 heavy (non-hydrogen) atoms. The predicted octanol–water partition coefficient (Wildman–Crippen LogP) is -0.249. The molecule has 0 bridgehead atoms. The molecule has 2 rings (SSSR count). The smallest absolute Gasteiger partial charge is 0.326 e. The number of nitrogens with zero attached hydrogens (tertiary/aromatic N) is 1. The van der Waals surface area contributed by atoms with E-state index in [1.165, 1.54) is 11.8 Å². The Morgan fingerprint density at radius 2 is 1.85 bits per heavy atom. The van der Waals surface area contributed by atoms with Crippen LogP contribution in [0, 0.1) is 0 Å². The van der Waals surface area contributed by atoms with Gasteiger partial charge in [-0.3, -0.25) is 14.4 Å². The summed E-state index contributed by atoms with van der Waals surface area (Å²) in [6.07, 6.45) is 2.97. The number of amides is 3. The number of carbonyl (C=O) groups excluding carboxylic acids is 3. The van der Waals surface area contributed by atoms with Gasteiger partial charge >= 0.3 is 5.97 Å². The summed E-state index contributed by atoms with van der Waals surface area (Å²) in [6, 6.07) is 5.92. The molecule has 1 aromatic carbocycles. The number of rotatable bonds is 12. The Kier molecular flexibility index (Phi) is 10.3. The summed E-state index contributed by atoms with van der Waals surface area (Å²) in [5.74, 6) is -2.50. The van der Waals surface area contributed by atoms with Gasteiger partial charge in [0.05, 0.1) is 6.04 Å². The third-order valence-corrected chi connectivity index (χ3v) is 5.77. The summed E-state index contributed by atoms with van der Waals surface area (Å²) in [5, 5.41) is 14.4. The van der Waals surface area contributed by atoms with Crippen molar-refractivity contribution in [2.24, 2.45) is 11.5 Å². The van der Waals surface area contributed by atoms with Gasteiger partial charge in [-0.1, -0.05) is 30.3 Å². The van der Waals surface area contributed by atoms with Crippen LogP contribution >= 0.6 is 0 Å². The molecule has 7 N–H and O–H groups in total. The molecule has 1 aliphatic heterocycles. The number of carbonyl (C=O) groups is 4. The van der Waals surface area contributed by atoms with Gasteiger partial charge in [-0.25, -0.2) is 4.79 Å². The molecule has 10 heteroatoms. The molecule has 0 saturated carbocycles. The Morgan fingerprint density at radius 1 is 1.15 bits per heavy atom. The average Bonchev–Trinajstić information content (AvgIpc) is 3.28. The third-order valence-electron chi connectivity index (χ3n) is 5.77. The van der Waals surface area contributed by atoms with Crippen LogP contribution in [0.15, 0.2) is 30.3 Å². The van der Waals surface area contributed by atoms with Crippen molar-refractivity contribution in [3.8, 4) is 0 Å². The average molecular weight is 462 g/mol. The van der Waals surface area contributed by atoms with Gasteiger partial charge in [-0.05, 0) is 57.6 Å². The largest absolute Gasteiger partial charge is 0.480 e. The number of hydrogen-bond donors (Lipinski definition) is 5. The van der Waals surface area contributed by atoms with Gasteiger partial charge in [0, 0.05) is 6.54 Å². The van der Waals surface area contributed by atoms with Gasteiger partial charge in [0.25, 0.3) is 0 Å². The molecule has 3 amide bonds. The molecule has 0 radical (unpaired) electrons. The fourth-order valence-electron chi connectivity index (χ4n) is 3.89. The highest BCUT2D eigenvalue weighted by Crippen LogP contribution is 2.19. The maximum absolute atomic E-state index is 12.9. The molecular formula is C23H35N5O5. The Hall–Kier alpha value is -2.98. The minimum atomic E-state index is -1.14. The van der Waals surface area contributed by atoms with Crippen molar-refractivity contribution in [3.63, 3.8) is 0 Å². The standard InChI is InChI=1S/C23H35N5O5/c1-15(20(29)27-18(23(32)33)10-5-6-12-24)26-21(30)19-11-7-13-28(19)22(31)17(25)14-16-8-3-2-4-9-16/h2-4,8-9,15,17-19H,5-7,10-14,24-25H2,1H3,(H,26,30)(H,27,29)(H,32,33). The number of nitrogens with one attached hydrogen (secondary N) is 2. The molecule has 0 aliphatic carbocycles. The van der Waals surface area contributed by atoms with Crippen LogP contribution in [0.3, 0.4) is 0 Å². The number of aliphatic carboxylic acids is 1. The molecule has 1 saturated heterocycles. The fraction of sp³-hybridized carbons (Fsp3) is 0.565. The van der Waals surface area contributed by atoms with E-state index in [0.29, 0.717) is 45.2 Å². The van der Waals surface area contributed by atoms with Crippen LogP contribution < -0.4 is 22.1 Å². The molecule has 1 heterocycles. The predicted molar refractivity (Wildman–Crippen MR) is 123 cm³/mol. The third kappa shape index (κ3) is 7.83. The van der Waals surface area contributed by atoms with Crippen molar-refractivity contribution in [3.05, 3.63) is 35.9 Å². The summed E-state index contributed by atoms with van der Waals surface area (Å²) in [7, 11) is 0. The molecular weight excluding hydrogens is 426 g/mol. The van der Waals surface area contributed by atoms with E-state index in [-0.39, 0.29) is 12.3 Å². The molecule has 0 aromatic heterocycles. The SMILES string of the molecule is CC(NC(=O)C1CCCN1C(=O)C(N)Cc1ccccc1)C(=O)NC(CCCCN)C(=O)O. The summed E-state index contributed by atoms with van der Waals surface area (Å²) < 4.78 is 0. The number of carboxylic acid groups (broad SMARTS) is 1. The van der Waals surface area contributed by atoms with Gasteiger partial charge in [0.2, 0.25) is 17.7 Å². The second-order valence-electron chi connectivity index (χ2n) is 8.40. The first-order chi connectivity index (χ1) is 15.7. The molecule has 1 fully saturated rings. The number of benzene rings is 1. The summed E-state index contributed by atoms with van der Waals surface area (Å²) >= 11 is 0. The highest BCUT2D eigenvalue weighted by atomic mass is 16.4. The normalized spacial score (nSPS) is 18.3. The molecule has 1 aliphatic rings.